The van der Waals surface area contributed by atoms with Crippen molar-refractivity contribution in [1.29, 1.82) is 0 Å². The van der Waals surface area contributed by atoms with Gasteiger partial charge in [0.05, 0.1) is 11.7 Å². The minimum absolute atomic E-state index is 0.0542. The summed E-state index contributed by atoms with van der Waals surface area (Å²) in [5, 5.41) is 4.37. The summed E-state index contributed by atoms with van der Waals surface area (Å²) in [6, 6.07) is 0. The van der Waals surface area contributed by atoms with Crippen LogP contribution in [0, 0.1) is 0 Å². The number of carbonyl (C=O) groups is 1. The van der Waals surface area contributed by atoms with Crippen LogP contribution in [-0.2, 0) is 22.6 Å². The van der Waals surface area contributed by atoms with Crippen molar-refractivity contribution in [2.24, 2.45) is 0 Å². The smallest absolute Gasteiger partial charge is 0.224 e. The van der Waals surface area contributed by atoms with Crippen molar-refractivity contribution in [3.63, 3.8) is 0 Å². The predicted octanol–water partition coefficient (Wildman–Crippen LogP) is 1.51. The van der Waals surface area contributed by atoms with Gasteiger partial charge in [-0.1, -0.05) is 0 Å². The van der Waals surface area contributed by atoms with Crippen molar-refractivity contribution < 1.29 is 9.53 Å². The normalized spacial score (nSPS) is 22.5. The molecule has 0 aromatic carbocycles. The molecule has 0 unspecified atom stereocenters. The third-order valence-electron chi connectivity index (χ3n) is 5.19. The Morgan fingerprint density at radius 3 is 2.70 bits per heavy atom. The molecule has 6 nitrogen and oxygen atoms in total. The molecule has 1 amide bonds. The van der Waals surface area contributed by atoms with E-state index in [1.165, 1.54) is 5.56 Å². The highest BCUT2D eigenvalue weighted by Gasteiger charge is 2.43. The number of rotatable bonds is 4. The van der Waals surface area contributed by atoms with Gasteiger partial charge in [0.15, 0.2) is 0 Å². The number of aryl methyl sites for hydroxylation is 1. The number of nitrogens with zero attached hydrogens (tertiary/aromatic N) is 4. The number of hydrogen-bond acceptors (Lipinski definition) is 4. The van der Waals surface area contributed by atoms with Gasteiger partial charge in [0.25, 0.3) is 0 Å². The first-order chi connectivity index (χ1) is 11.2. The predicted molar refractivity (Wildman–Crippen MR) is 88.0 cm³/mol. The number of ether oxygens (including phenoxy) is 1. The summed E-state index contributed by atoms with van der Waals surface area (Å²) >= 11 is 0. The molecule has 0 bridgehead atoms. The van der Waals surface area contributed by atoms with E-state index in [-0.39, 0.29) is 5.54 Å². The maximum Gasteiger partial charge on any atom is 0.224 e. The molecular formula is C17H28N4O2. The minimum Gasteiger partial charge on any atom is -0.381 e. The van der Waals surface area contributed by atoms with E-state index < -0.39 is 0 Å². The minimum atomic E-state index is -0.0542. The summed E-state index contributed by atoms with van der Waals surface area (Å²) < 4.78 is 7.53. The van der Waals surface area contributed by atoms with Crippen LogP contribution in [0.15, 0.2) is 12.4 Å². The fourth-order valence-electron chi connectivity index (χ4n) is 3.98. The highest BCUT2D eigenvalue weighted by molar-refractivity contribution is 5.77. The van der Waals surface area contributed by atoms with Crippen LogP contribution in [0.1, 0.15) is 38.7 Å². The van der Waals surface area contributed by atoms with E-state index >= 15 is 0 Å². The lowest BCUT2D eigenvalue weighted by atomic mass is 9.87. The van der Waals surface area contributed by atoms with E-state index in [0.717, 1.165) is 58.8 Å². The van der Waals surface area contributed by atoms with Crippen molar-refractivity contribution in [1.82, 2.24) is 19.6 Å². The van der Waals surface area contributed by atoms with E-state index in [0.29, 0.717) is 12.3 Å². The molecule has 1 spiro atoms. The summed E-state index contributed by atoms with van der Waals surface area (Å²) in [6.07, 6.45) is 6.55. The molecule has 0 aliphatic carbocycles. The average molecular weight is 320 g/mol. The zero-order valence-electron chi connectivity index (χ0n) is 14.3. The third kappa shape index (κ3) is 3.43. The lowest BCUT2D eigenvalue weighted by molar-refractivity contribution is -0.140. The number of carbonyl (C=O) groups excluding carboxylic acids is 1. The average Bonchev–Trinajstić information content (AvgIpc) is 2.97. The Kier molecular flexibility index (Phi) is 5.02. The Labute approximate surface area is 138 Å². The zero-order chi connectivity index (χ0) is 16.3. The van der Waals surface area contributed by atoms with Crippen molar-refractivity contribution >= 4 is 5.91 Å². The van der Waals surface area contributed by atoms with Crippen LogP contribution in [0.3, 0.4) is 0 Å². The Hall–Kier alpha value is -1.40. The number of hydrogen-bond donors (Lipinski definition) is 0. The molecule has 0 radical (unpaired) electrons. The van der Waals surface area contributed by atoms with E-state index in [9.17, 15) is 4.79 Å². The Bertz CT molecular complexity index is 536. The van der Waals surface area contributed by atoms with Gasteiger partial charge in [0.1, 0.15) is 0 Å². The lowest BCUT2D eigenvalue weighted by Gasteiger charge is -2.46. The first kappa shape index (κ1) is 16.5. The second-order valence-electron chi connectivity index (χ2n) is 6.64. The molecule has 2 fully saturated rings. The number of likely N-dealkylation sites (N-methyl/N-ethyl adjacent to an activating group) is 1. The summed E-state index contributed by atoms with van der Waals surface area (Å²) in [4.78, 5) is 17.2. The molecule has 2 aliphatic heterocycles. The largest absolute Gasteiger partial charge is 0.381 e. The van der Waals surface area contributed by atoms with Gasteiger partial charge in [-0.3, -0.25) is 14.4 Å². The first-order valence-corrected chi connectivity index (χ1v) is 8.79. The highest BCUT2D eigenvalue weighted by atomic mass is 16.5. The van der Waals surface area contributed by atoms with Gasteiger partial charge in [-0.2, -0.15) is 5.10 Å². The summed E-state index contributed by atoms with van der Waals surface area (Å²) in [7, 11) is 0. The topological polar surface area (TPSA) is 50.6 Å². The van der Waals surface area contributed by atoms with Crippen molar-refractivity contribution in [3.05, 3.63) is 18.0 Å². The fourth-order valence-corrected chi connectivity index (χ4v) is 3.98. The van der Waals surface area contributed by atoms with Crippen molar-refractivity contribution in [2.45, 2.75) is 51.7 Å². The molecule has 1 aromatic rings. The van der Waals surface area contributed by atoms with Crippen LogP contribution < -0.4 is 0 Å². The summed E-state index contributed by atoms with van der Waals surface area (Å²) in [5.74, 6) is 0.293. The molecule has 1 aromatic heterocycles. The summed E-state index contributed by atoms with van der Waals surface area (Å²) in [6.45, 7) is 10.0. The molecule has 23 heavy (non-hydrogen) atoms. The molecule has 0 atom stereocenters. The molecule has 2 saturated heterocycles. The van der Waals surface area contributed by atoms with E-state index in [4.69, 9.17) is 4.74 Å². The highest BCUT2D eigenvalue weighted by Crippen LogP contribution is 2.32. The van der Waals surface area contributed by atoms with E-state index in [2.05, 4.69) is 34.9 Å². The molecule has 3 heterocycles. The third-order valence-corrected chi connectivity index (χ3v) is 5.19. The second-order valence-corrected chi connectivity index (χ2v) is 6.64. The molecule has 3 rings (SSSR count). The SMILES string of the molecule is CCN1C(=O)CCN(Cc2cnn(CC)c2)CC12CCOCC2. The van der Waals surface area contributed by atoms with Gasteiger partial charge in [-0.05, 0) is 26.7 Å². The van der Waals surface area contributed by atoms with Gasteiger partial charge in [0.2, 0.25) is 5.91 Å². The standard InChI is InChI=1S/C17H28N4O2/c1-3-20-13-15(11-18-20)12-19-8-5-16(22)21(4-2)17(14-19)6-9-23-10-7-17/h11,13H,3-10,12,14H2,1-2H3. The Balaban J connectivity index is 1.78. The number of amides is 1. The van der Waals surface area contributed by atoms with Gasteiger partial charge < -0.3 is 9.64 Å². The van der Waals surface area contributed by atoms with Crippen LogP contribution in [0.4, 0.5) is 0 Å². The lowest BCUT2D eigenvalue weighted by Crippen LogP contribution is -2.58. The van der Waals surface area contributed by atoms with Crippen LogP contribution in [0.25, 0.3) is 0 Å². The molecule has 128 valence electrons. The molecule has 0 saturated carbocycles. The molecule has 6 heteroatoms. The number of aromatic nitrogens is 2. The summed E-state index contributed by atoms with van der Waals surface area (Å²) in [5.41, 5.74) is 1.17. The fraction of sp³-hybridized carbons (Fsp3) is 0.765. The first-order valence-electron chi connectivity index (χ1n) is 8.79. The maximum absolute atomic E-state index is 12.6. The van der Waals surface area contributed by atoms with E-state index in [1.807, 2.05) is 10.9 Å². The maximum atomic E-state index is 12.6. The van der Waals surface area contributed by atoms with Gasteiger partial charge in [-0.15, -0.1) is 0 Å². The second kappa shape index (κ2) is 7.01. The van der Waals surface area contributed by atoms with Crippen LogP contribution in [-0.4, -0.2) is 63.9 Å². The van der Waals surface area contributed by atoms with Gasteiger partial charge in [-0.25, -0.2) is 0 Å². The monoisotopic (exact) mass is 320 g/mol. The zero-order valence-corrected chi connectivity index (χ0v) is 14.3. The van der Waals surface area contributed by atoms with Gasteiger partial charge in [0, 0.05) is 64.1 Å². The Morgan fingerprint density at radius 2 is 2.04 bits per heavy atom. The molecule has 0 N–H and O–H groups in total. The van der Waals surface area contributed by atoms with E-state index in [1.54, 1.807) is 0 Å². The van der Waals surface area contributed by atoms with Gasteiger partial charge >= 0.3 is 0 Å². The van der Waals surface area contributed by atoms with Crippen molar-refractivity contribution in [3.8, 4) is 0 Å². The van der Waals surface area contributed by atoms with Crippen molar-refractivity contribution in [2.75, 3.05) is 32.8 Å². The molecular weight excluding hydrogens is 292 g/mol. The van der Waals surface area contributed by atoms with Crippen LogP contribution in [0.2, 0.25) is 0 Å². The molecule has 2 aliphatic rings. The quantitative estimate of drug-likeness (QED) is 0.844. The Morgan fingerprint density at radius 1 is 1.26 bits per heavy atom. The van der Waals surface area contributed by atoms with Crippen LogP contribution >= 0.6 is 0 Å². The van der Waals surface area contributed by atoms with Crippen LogP contribution in [0.5, 0.6) is 0 Å².